The zero-order valence-corrected chi connectivity index (χ0v) is 13.1. The Bertz CT molecular complexity index is 875. The lowest BCUT2D eigenvalue weighted by Gasteiger charge is -2.07. The van der Waals surface area contributed by atoms with Crippen molar-refractivity contribution in [2.75, 3.05) is 10.6 Å². The van der Waals surface area contributed by atoms with Crippen molar-refractivity contribution in [1.29, 1.82) is 0 Å². The molecule has 0 saturated heterocycles. The summed E-state index contributed by atoms with van der Waals surface area (Å²) in [6.45, 7) is 0. The Labute approximate surface area is 143 Å². The molecule has 0 fully saturated rings. The SMILES string of the molecule is O=C(Nc1ccccc1)c1cc(C(=O)Nc2ccccc2)oc(=O)c1. The summed E-state index contributed by atoms with van der Waals surface area (Å²) in [5.74, 6) is -1.36. The monoisotopic (exact) mass is 334 g/mol. The zero-order chi connectivity index (χ0) is 17.6. The van der Waals surface area contributed by atoms with E-state index in [9.17, 15) is 14.4 Å². The van der Waals surface area contributed by atoms with Gasteiger partial charge in [-0.2, -0.15) is 0 Å². The molecule has 2 aromatic carbocycles. The maximum absolute atomic E-state index is 12.3. The van der Waals surface area contributed by atoms with E-state index in [0.717, 1.165) is 6.07 Å². The highest BCUT2D eigenvalue weighted by Gasteiger charge is 2.15. The Kier molecular flexibility index (Phi) is 4.71. The second-order valence-electron chi connectivity index (χ2n) is 5.17. The van der Waals surface area contributed by atoms with E-state index >= 15 is 0 Å². The van der Waals surface area contributed by atoms with E-state index in [4.69, 9.17) is 4.42 Å². The molecule has 3 aromatic rings. The van der Waals surface area contributed by atoms with Gasteiger partial charge in [0.05, 0.1) is 5.56 Å². The van der Waals surface area contributed by atoms with E-state index in [1.165, 1.54) is 6.07 Å². The van der Waals surface area contributed by atoms with Crippen molar-refractivity contribution in [2.45, 2.75) is 0 Å². The molecule has 0 spiro atoms. The summed E-state index contributed by atoms with van der Waals surface area (Å²) in [4.78, 5) is 36.2. The Morgan fingerprint density at radius 3 is 1.80 bits per heavy atom. The molecule has 0 atom stereocenters. The molecule has 124 valence electrons. The fourth-order valence-corrected chi connectivity index (χ4v) is 2.16. The van der Waals surface area contributed by atoms with Gasteiger partial charge in [0.25, 0.3) is 11.8 Å². The van der Waals surface area contributed by atoms with E-state index in [-0.39, 0.29) is 11.3 Å². The number of carbonyl (C=O) groups is 2. The van der Waals surface area contributed by atoms with Crippen LogP contribution in [0.15, 0.2) is 82.0 Å². The van der Waals surface area contributed by atoms with Crippen molar-refractivity contribution < 1.29 is 14.0 Å². The predicted octanol–water partition coefficient (Wildman–Crippen LogP) is 3.14. The summed E-state index contributed by atoms with van der Waals surface area (Å²) >= 11 is 0. The molecule has 0 aliphatic carbocycles. The summed E-state index contributed by atoms with van der Waals surface area (Å²) in [5, 5.41) is 5.25. The van der Waals surface area contributed by atoms with Crippen molar-refractivity contribution >= 4 is 23.2 Å². The van der Waals surface area contributed by atoms with E-state index < -0.39 is 17.4 Å². The zero-order valence-electron chi connectivity index (χ0n) is 13.1. The average Bonchev–Trinajstić information content (AvgIpc) is 2.63. The molecule has 2 amide bonds. The van der Waals surface area contributed by atoms with Crippen LogP contribution in [0.1, 0.15) is 20.9 Å². The number of hydrogen-bond donors (Lipinski definition) is 2. The molecule has 0 aliphatic rings. The van der Waals surface area contributed by atoms with Crippen LogP contribution in [-0.2, 0) is 0 Å². The van der Waals surface area contributed by atoms with Crippen LogP contribution in [0.5, 0.6) is 0 Å². The minimum Gasteiger partial charge on any atom is -0.417 e. The van der Waals surface area contributed by atoms with E-state index in [2.05, 4.69) is 10.6 Å². The number of nitrogens with one attached hydrogen (secondary N) is 2. The standard InChI is InChI=1S/C19H14N2O4/c22-17-12-13(18(23)20-14-7-3-1-4-8-14)11-16(25-17)19(24)21-15-9-5-2-6-10-15/h1-12H,(H,20,23)(H,21,24). The largest absolute Gasteiger partial charge is 0.417 e. The number of benzene rings is 2. The van der Waals surface area contributed by atoms with E-state index in [0.29, 0.717) is 11.4 Å². The number of amides is 2. The van der Waals surface area contributed by atoms with Gasteiger partial charge in [-0.15, -0.1) is 0 Å². The number of para-hydroxylation sites is 2. The van der Waals surface area contributed by atoms with Gasteiger partial charge in [0, 0.05) is 17.4 Å². The van der Waals surface area contributed by atoms with Gasteiger partial charge in [-0.05, 0) is 30.3 Å². The van der Waals surface area contributed by atoms with E-state index in [1.54, 1.807) is 48.5 Å². The molecular formula is C19H14N2O4. The predicted molar refractivity (Wildman–Crippen MR) is 93.8 cm³/mol. The van der Waals surface area contributed by atoms with Crippen LogP contribution in [0.3, 0.4) is 0 Å². The van der Waals surface area contributed by atoms with Crippen molar-refractivity contribution in [3.8, 4) is 0 Å². The molecule has 1 aromatic heterocycles. The second-order valence-corrected chi connectivity index (χ2v) is 5.17. The number of carbonyl (C=O) groups excluding carboxylic acids is 2. The van der Waals surface area contributed by atoms with E-state index in [1.807, 2.05) is 12.1 Å². The number of anilines is 2. The molecule has 3 rings (SSSR count). The minimum absolute atomic E-state index is 0.0401. The number of rotatable bonds is 4. The van der Waals surface area contributed by atoms with Gasteiger partial charge in [-0.3, -0.25) is 9.59 Å². The van der Waals surface area contributed by atoms with Crippen LogP contribution < -0.4 is 16.3 Å². The molecule has 2 N–H and O–H groups in total. The fourth-order valence-electron chi connectivity index (χ4n) is 2.16. The normalized spacial score (nSPS) is 10.1. The van der Waals surface area contributed by atoms with Crippen LogP contribution in [-0.4, -0.2) is 11.8 Å². The first kappa shape index (κ1) is 16.2. The Balaban J connectivity index is 1.81. The lowest BCUT2D eigenvalue weighted by Crippen LogP contribution is -2.19. The first-order valence-electron chi connectivity index (χ1n) is 7.50. The second kappa shape index (κ2) is 7.27. The van der Waals surface area contributed by atoms with Crippen LogP contribution in [0.2, 0.25) is 0 Å². The highest BCUT2D eigenvalue weighted by Crippen LogP contribution is 2.11. The molecule has 6 heteroatoms. The molecule has 0 radical (unpaired) electrons. The first-order valence-corrected chi connectivity index (χ1v) is 7.50. The third-order valence-electron chi connectivity index (χ3n) is 3.32. The van der Waals surface area contributed by atoms with Gasteiger partial charge in [-0.25, -0.2) is 4.79 Å². The molecule has 6 nitrogen and oxygen atoms in total. The Morgan fingerprint density at radius 2 is 1.24 bits per heavy atom. The lowest BCUT2D eigenvalue weighted by atomic mass is 10.2. The topological polar surface area (TPSA) is 88.4 Å². The summed E-state index contributed by atoms with van der Waals surface area (Å²) in [6, 6.07) is 19.8. The van der Waals surface area contributed by atoms with Crippen LogP contribution in [0, 0.1) is 0 Å². The molecule has 1 heterocycles. The maximum atomic E-state index is 12.3. The summed E-state index contributed by atoms with van der Waals surface area (Å²) in [6.07, 6.45) is 0. The van der Waals surface area contributed by atoms with Crippen molar-refractivity contribution in [3.63, 3.8) is 0 Å². The molecule has 0 bridgehead atoms. The van der Waals surface area contributed by atoms with Gasteiger partial charge in [0.1, 0.15) is 0 Å². The molecule has 0 unspecified atom stereocenters. The third-order valence-corrected chi connectivity index (χ3v) is 3.32. The highest BCUT2D eigenvalue weighted by atomic mass is 16.4. The maximum Gasteiger partial charge on any atom is 0.337 e. The lowest BCUT2D eigenvalue weighted by molar-refractivity contribution is 0.0992. The van der Waals surface area contributed by atoms with Gasteiger partial charge in [-0.1, -0.05) is 36.4 Å². The molecule has 25 heavy (non-hydrogen) atoms. The highest BCUT2D eigenvalue weighted by molar-refractivity contribution is 6.07. The molecule has 0 saturated carbocycles. The molecular weight excluding hydrogens is 320 g/mol. The van der Waals surface area contributed by atoms with Crippen molar-refractivity contribution in [2.24, 2.45) is 0 Å². The smallest absolute Gasteiger partial charge is 0.337 e. The minimum atomic E-state index is -0.779. The van der Waals surface area contributed by atoms with Crippen LogP contribution >= 0.6 is 0 Å². The first-order chi connectivity index (χ1) is 12.1. The van der Waals surface area contributed by atoms with Gasteiger partial charge in [0.15, 0.2) is 5.76 Å². The van der Waals surface area contributed by atoms with Crippen LogP contribution in [0.25, 0.3) is 0 Å². The number of hydrogen-bond acceptors (Lipinski definition) is 4. The van der Waals surface area contributed by atoms with Gasteiger partial charge in [0.2, 0.25) is 0 Å². The Hall–Kier alpha value is -3.67. The molecule has 0 aliphatic heterocycles. The van der Waals surface area contributed by atoms with Gasteiger partial charge >= 0.3 is 5.63 Å². The van der Waals surface area contributed by atoms with Crippen molar-refractivity contribution in [1.82, 2.24) is 0 Å². The third kappa shape index (κ3) is 4.20. The average molecular weight is 334 g/mol. The quantitative estimate of drug-likeness (QED) is 0.767. The summed E-state index contributed by atoms with van der Waals surface area (Å²) < 4.78 is 4.90. The van der Waals surface area contributed by atoms with Gasteiger partial charge < -0.3 is 15.1 Å². The fraction of sp³-hybridized carbons (Fsp3) is 0. The summed E-state index contributed by atoms with van der Waals surface area (Å²) in [5.41, 5.74) is 0.391. The van der Waals surface area contributed by atoms with Crippen LogP contribution in [0.4, 0.5) is 11.4 Å². The summed E-state index contributed by atoms with van der Waals surface area (Å²) in [7, 11) is 0. The Morgan fingerprint density at radius 1 is 0.720 bits per heavy atom. The van der Waals surface area contributed by atoms with Crippen molar-refractivity contribution in [3.05, 3.63) is 94.5 Å².